The van der Waals surface area contributed by atoms with Crippen LogP contribution in [0.5, 0.6) is 23.1 Å². The number of methoxy groups -OCH3 is 1. The van der Waals surface area contributed by atoms with Crippen molar-refractivity contribution in [3.63, 3.8) is 0 Å². The SMILES string of the molecule is COc1ccc([C@@H]2c3ccc(O)cc3Oc3ncn4nc(-c5ccncc5)nc4c32)cc1. The lowest BCUT2D eigenvalue weighted by atomic mass is 9.84. The van der Waals surface area contributed by atoms with Crippen LogP contribution in [0.3, 0.4) is 0 Å². The quantitative estimate of drug-likeness (QED) is 0.456. The van der Waals surface area contributed by atoms with Crippen LogP contribution in [-0.2, 0) is 0 Å². The van der Waals surface area contributed by atoms with Gasteiger partial charge in [-0.2, -0.15) is 0 Å². The summed E-state index contributed by atoms with van der Waals surface area (Å²) in [5.41, 5.74) is 4.25. The van der Waals surface area contributed by atoms with Crippen molar-refractivity contribution in [3.8, 4) is 34.5 Å². The standard InChI is InChI=1S/C24H17N5O3/c1-31-17-5-2-14(3-6-17)20-18-7-4-16(30)12-19(18)32-24-21(20)23-27-22(28-29(23)13-26-24)15-8-10-25-11-9-15/h2-13,20,30H,1H3/t20-/m1/s1. The fraction of sp³-hybridized carbons (Fsp3) is 0.0833. The van der Waals surface area contributed by atoms with Gasteiger partial charge in [0.1, 0.15) is 23.6 Å². The second-order valence-corrected chi connectivity index (χ2v) is 7.43. The summed E-state index contributed by atoms with van der Waals surface area (Å²) < 4.78 is 13.1. The first-order valence-electron chi connectivity index (χ1n) is 10.0. The molecule has 0 saturated heterocycles. The van der Waals surface area contributed by atoms with Crippen molar-refractivity contribution in [1.29, 1.82) is 0 Å². The maximum absolute atomic E-state index is 10.0. The summed E-state index contributed by atoms with van der Waals surface area (Å²) in [5.74, 6) is 2.25. The molecule has 0 unspecified atom stereocenters. The summed E-state index contributed by atoms with van der Waals surface area (Å²) in [4.78, 5) is 13.4. The molecule has 6 rings (SSSR count). The summed E-state index contributed by atoms with van der Waals surface area (Å²) in [6.07, 6.45) is 5.01. The lowest BCUT2D eigenvalue weighted by molar-refractivity contribution is 0.414. The molecule has 0 amide bonds. The van der Waals surface area contributed by atoms with Crippen LogP contribution in [0.25, 0.3) is 17.0 Å². The van der Waals surface area contributed by atoms with E-state index in [-0.39, 0.29) is 11.7 Å². The lowest BCUT2D eigenvalue weighted by Gasteiger charge is -2.28. The van der Waals surface area contributed by atoms with Gasteiger partial charge >= 0.3 is 0 Å². The normalized spacial score (nSPS) is 14.5. The molecule has 1 N–H and O–H groups in total. The first kappa shape index (κ1) is 18.3. The van der Waals surface area contributed by atoms with Crippen LogP contribution in [0.15, 0.2) is 73.3 Å². The molecule has 5 aromatic rings. The molecule has 0 aliphatic carbocycles. The number of phenolic OH excluding ortho intramolecular Hbond substituents is 1. The van der Waals surface area contributed by atoms with Gasteiger partial charge in [-0.3, -0.25) is 4.98 Å². The number of hydrogen-bond donors (Lipinski definition) is 1. The van der Waals surface area contributed by atoms with E-state index in [1.807, 2.05) is 42.5 Å². The molecule has 8 heteroatoms. The smallest absolute Gasteiger partial charge is 0.228 e. The van der Waals surface area contributed by atoms with Gasteiger partial charge in [0.2, 0.25) is 5.88 Å². The second kappa shape index (κ2) is 7.05. The molecule has 0 saturated carbocycles. The third kappa shape index (κ3) is 2.84. The minimum absolute atomic E-state index is 0.129. The van der Waals surface area contributed by atoms with E-state index in [2.05, 4.69) is 15.1 Å². The Morgan fingerprint density at radius 3 is 2.62 bits per heavy atom. The highest BCUT2D eigenvalue weighted by molar-refractivity contribution is 5.68. The molecule has 0 bridgehead atoms. The van der Waals surface area contributed by atoms with Crippen LogP contribution in [0.2, 0.25) is 0 Å². The van der Waals surface area contributed by atoms with Crippen molar-refractivity contribution in [3.05, 3.63) is 90.0 Å². The van der Waals surface area contributed by atoms with Crippen molar-refractivity contribution < 1.29 is 14.6 Å². The largest absolute Gasteiger partial charge is 0.508 e. The molecule has 156 valence electrons. The predicted octanol–water partition coefficient (Wildman–Crippen LogP) is 4.19. The van der Waals surface area contributed by atoms with Gasteiger partial charge in [-0.25, -0.2) is 14.5 Å². The van der Waals surface area contributed by atoms with Gasteiger partial charge in [0.05, 0.1) is 12.7 Å². The molecule has 0 spiro atoms. The van der Waals surface area contributed by atoms with Crippen molar-refractivity contribution in [1.82, 2.24) is 24.6 Å². The maximum atomic E-state index is 10.0. The highest BCUT2D eigenvalue weighted by Gasteiger charge is 2.33. The van der Waals surface area contributed by atoms with E-state index < -0.39 is 0 Å². The van der Waals surface area contributed by atoms with Crippen molar-refractivity contribution in [2.24, 2.45) is 0 Å². The number of ether oxygens (including phenoxy) is 2. The number of phenols is 1. The van der Waals surface area contributed by atoms with E-state index in [1.54, 1.807) is 42.5 Å². The summed E-state index contributed by atoms with van der Waals surface area (Å²) in [7, 11) is 1.64. The van der Waals surface area contributed by atoms with Crippen LogP contribution in [0.1, 0.15) is 22.6 Å². The number of aromatic nitrogens is 5. The summed E-state index contributed by atoms with van der Waals surface area (Å²) in [6, 6.07) is 16.7. The second-order valence-electron chi connectivity index (χ2n) is 7.43. The summed E-state index contributed by atoms with van der Waals surface area (Å²) >= 11 is 0. The van der Waals surface area contributed by atoms with Gasteiger partial charge in [0.25, 0.3) is 0 Å². The Bertz CT molecular complexity index is 1450. The Morgan fingerprint density at radius 2 is 1.84 bits per heavy atom. The van der Waals surface area contributed by atoms with E-state index in [4.69, 9.17) is 14.5 Å². The zero-order valence-electron chi connectivity index (χ0n) is 17.0. The Labute approximate surface area is 182 Å². The molecule has 0 fully saturated rings. The van der Waals surface area contributed by atoms with Crippen LogP contribution in [-0.4, -0.2) is 36.8 Å². The van der Waals surface area contributed by atoms with Crippen LogP contribution in [0.4, 0.5) is 0 Å². The molecule has 1 aliphatic heterocycles. The number of aromatic hydroxyl groups is 1. The van der Waals surface area contributed by atoms with Gasteiger partial charge < -0.3 is 14.6 Å². The van der Waals surface area contributed by atoms with Crippen LogP contribution >= 0.6 is 0 Å². The van der Waals surface area contributed by atoms with Gasteiger partial charge in [0, 0.05) is 35.5 Å². The highest BCUT2D eigenvalue weighted by Crippen LogP contribution is 2.48. The number of hydrogen-bond acceptors (Lipinski definition) is 7. The topological polar surface area (TPSA) is 94.7 Å². The molecule has 3 aromatic heterocycles. The predicted molar refractivity (Wildman–Crippen MR) is 116 cm³/mol. The molecule has 0 radical (unpaired) electrons. The first-order valence-corrected chi connectivity index (χ1v) is 10.0. The molecule has 2 aromatic carbocycles. The lowest BCUT2D eigenvalue weighted by Crippen LogP contribution is -2.15. The third-order valence-corrected chi connectivity index (χ3v) is 5.58. The summed E-state index contributed by atoms with van der Waals surface area (Å²) in [6.45, 7) is 0. The number of pyridine rings is 1. The van der Waals surface area contributed by atoms with Gasteiger partial charge in [-0.15, -0.1) is 5.10 Å². The van der Waals surface area contributed by atoms with Crippen LogP contribution < -0.4 is 9.47 Å². The average Bonchev–Trinajstić information content (AvgIpc) is 3.28. The van der Waals surface area contributed by atoms with E-state index in [1.165, 1.54) is 0 Å². The molecule has 4 heterocycles. The average molecular weight is 423 g/mol. The molecular weight excluding hydrogens is 406 g/mol. The zero-order valence-corrected chi connectivity index (χ0v) is 17.0. The molecular formula is C24H17N5O3. The number of fused-ring (bicyclic) bond motifs is 4. The van der Waals surface area contributed by atoms with E-state index in [0.717, 1.165) is 28.0 Å². The van der Waals surface area contributed by atoms with Crippen molar-refractivity contribution in [2.45, 2.75) is 5.92 Å². The van der Waals surface area contributed by atoms with Gasteiger partial charge in [-0.05, 0) is 35.9 Å². The summed E-state index contributed by atoms with van der Waals surface area (Å²) in [5, 5.41) is 14.6. The Balaban J connectivity index is 1.60. The minimum atomic E-state index is -0.217. The fourth-order valence-corrected chi connectivity index (χ4v) is 4.07. The van der Waals surface area contributed by atoms with E-state index in [0.29, 0.717) is 23.1 Å². The minimum Gasteiger partial charge on any atom is -0.508 e. The molecule has 1 aliphatic rings. The van der Waals surface area contributed by atoms with E-state index in [9.17, 15) is 5.11 Å². The van der Waals surface area contributed by atoms with Crippen molar-refractivity contribution in [2.75, 3.05) is 7.11 Å². The number of benzene rings is 2. The Kier molecular flexibility index (Phi) is 4.04. The number of rotatable bonds is 3. The third-order valence-electron chi connectivity index (χ3n) is 5.58. The first-order chi connectivity index (χ1) is 15.7. The molecule has 8 nitrogen and oxygen atoms in total. The Hall–Kier alpha value is -4.46. The molecule has 32 heavy (non-hydrogen) atoms. The number of nitrogens with zero attached hydrogens (tertiary/aromatic N) is 5. The fourth-order valence-electron chi connectivity index (χ4n) is 4.07. The van der Waals surface area contributed by atoms with Crippen LogP contribution in [0, 0.1) is 0 Å². The van der Waals surface area contributed by atoms with E-state index >= 15 is 0 Å². The highest BCUT2D eigenvalue weighted by atomic mass is 16.5. The zero-order chi connectivity index (χ0) is 21.7. The monoisotopic (exact) mass is 423 g/mol. The van der Waals surface area contributed by atoms with Gasteiger partial charge in [0.15, 0.2) is 11.5 Å². The molecule has 1 atom stereocenters. The van der Waals surface area contributed by atoms with Crippen molar-refractivity contribution >= 4 is 5.65 Å². The van der Waals surface area contributed by atoms with Gasteiger partial charge in [-0.1, -0.05) is 18.2 Å². The maximum Gasteiger partial charge on any atom is 0.228 e. The Morgan fingerprint density at radius 1 is 1.03 bits per heavy atom.